The Labute approximate surface area is 146 Å². The second kappa shape index (κ2) is 16.6. The van der Waals surface area contributed by atoms with Crippen LogP contribution in [0.25, 0.3) is 0 Å². The summed E-state index contributed by atoms with van der Waals surface area (Å²) in [6, 6.07) is 0. The van der Waals surface area contributed by atoms with Crippen molar-refractivity contribution in [3.63, 3.8) is 0 Å². The fraction of sp³-hybridized carbons (Fsp3) is 0.857. The van der Waals surface area contributed by atoms with Crippen molar-refractivity contribution in [1.82, 2.24) is 4.90 Å². The van der Waals surface area contributed by atoms with Gasteiger partial charge in [0.15, 0.2) is 0 Å². The zero-order chi connectivity index (χ0) is 11.4. The van der Waals surface area contributed by atoms with Gasteiger partial charge < -0.3 is 18.7 Å². The Hall–Kier alpha value is 1.60. The Morgan fingerprint density at radius 1 is 0.812 bits per heavy atom. The van der Waals surface area contributed by atoms with Crippen LogP contribution in [-0.2, 0) is 0 Å². The van der Waals surface area contributed by atoms with E-state index in [9.17, 15) is 0 Å². The van der Waals surface area contributed by atoms with E-state index in [0.29, 0.717) is 0 Å². The smallest absolute Gasteiger partial charge is 0.342 e. The van der Waals surface area contributed by atoms with Gasteiger partial charge in [0.05, 0.1) is 0 Å². The molecular formula is C14H29KN-. The second-order valence-corrected chi connectivity index (χ2v) is 4.32. The molecule has 16 heavy (non-hydrogen) atoms. The molecule has 0 aromatic heterocycles. The van der Waals surface area contributed by atoms with Crippen LogP contribution in [0, 0.1) is 13.8 Å². The summed E-state index contributed by atoms with van der Waals surface area (Å²) in [5.74, 6) is 0. The molecule has 0 aliphatic rings. The number of hydrogen-bond donors (Lipinski definition) is 0. The van der Waals surface area contributed by atoms with Gasteiger partial charge in [-0.05, 0) is 19.5 Å². The molecule has 0 heterocycles. The average molecular weight is 250 g/mol. The van der Waals surface area contributed by atoms with Crippen molar-refractivity contribution in [3.8, 4) is 0 Å². The third kappa shape index (κ3) is 13.7. The molecule has 0 aromatic rings. The summed E-state index contributed by atoms with van der Waals surface area (Å²) in [4.78, 5) is 2.40. The molecule has 0 spiro atoms. The van der Waals surface area contributed by atoms with Crippen LogP contribution < -0.4 is 51.4 Å². The summed E-state index contributed by atoms with van der Waals surface area (Å²) in [6.07, 6.45) is 10.7. The van der Waals surface area contributed by atoms with Crippen LogP contribution in [-0.4, -0.2) is 24.5 Å². The van der Waals surface area contributed by atoms with Crippen LogP contribution in [0.1, 0.15) is 58.3 Å². The van der Waals surface area contributed by atoms with Gasteiger partial charge in [-0.2, -0.15) is 6.42 Å². The molecule has 0 rings (SSSR count). The van der Waals surface area contributed by atoms with E-state index in [1.165, 1.54) is 51.5 Å². The molecule has 0 bridgehead atoms. The van der Waals surface area contributed by atoms with E-state index >= 15 is 0 Å². The summed E-state index contributed by atoms with van der Waals surface area (Å²) >= 11 is 0. The largest absolute Gasteiger partial charge is 1.00 e. The SMILES string of the molecule is [CH2-]CCN(C[CH2-])CCCCCCCCC.[K+]. The van der Waals surface area contributed by atoms with Crippen molar-refractivity contribution in [2.45, 2.75) is 58.3 Å². The molecule has 0 aliphatic carbocycles. The van der Waals surface area contributed by atoms with Gasteiger partial charge in [-0.3, -0.25) is 0 Å². The van der Waals surface area contributed by atoms with Crippen molar-refractivity contribution < 1.29 is 51.4 Å². The quantitative estimate of drug-likeness (QED) is 0.302. The minimum absolute atomic E-state index is 0. The van der Waals surface area contributed by atoms with Crippen LogP contribution in [0.2, 0.25) is 0 Å². The molecule has 0 saturated carbocycles. The zero-order valence-electron chi connectivity index (χ0n) is 11.6. The average Bonchev–Trinajstić information content (AvgIpc) is 2.26. The molecule has 0 unspecified atom stereocenters. The molecule has 0 fully saturated rings. The first kappa shape index (κ1) is 19.9. The van der Waals surface area contributed by atoms with E-state index in [-0.39, 0.29) is 51.4 Å². The maximum Gasteiger partial charge on any atom is 1.00 e. The van der Waals surface area contributed by atoms with Gasteiger partial charge in [-0.1, -0.05) is 45.4 Å². The molecule has 0 atom stereocenters. The van der Waals surface area contributed by atoms with Gasteiger partial charge in [-0.15, -0.1) is 6.54 Å². The van der Waals surface area contributed by atoms with E-state index in [4.69, 9.17) is 0 Å². The van der Waals surface area contributed by atoms with Crippen molar-refractivity contribution in [2.24, 2.45) is 0 Å². The summed E-state index contributed by atoms with van der Waals surface area (Å²) in [7, 11) is 0. The Morgan fingerprint density at radius 2 is 1.38 bits per heavy atom. The first-order chi connectivity index (χ1) is 7.35. The Balaban J connectivity index is 0. The zero-order valence-corrected chi connectivity index (χ0v) is 14.8. The van der Waals surface area contributed by atoms with Crippen LogP contribution in [0.5, 0.6) is 0 Å². The summed E-state index contributed by atoms with van der Waals surface area (Å²) < 4.78 is 0. The maximum absolute atomic E-state index is 3.94. The molecule has 0 amide bonds. The number of hydrogen-bond acceptors (Lipinski definition) is 1. The van der Waals surface area contributed by atoms with Crippen LogP contribution >= 0.6 is 0 Å². The first-order valence-electron chi connectivity index (χ1n) is 6.66. The van der Waals surface area contributed by atoms with Crippen LogP contribution in [0.3, 0.4) is 0 Å². The molecule has 0 N–H and O–H groups in total. The van der Waals surface area contributed by atoms with Gasteiger partial charge in [-0.25, -0.2) is 0 Å². The number of rotatable bonds is 11. The minimum Gasteiger partial charge on any atom is -0.342 e. The van der Waals surface area contributed by atoms with E-state index in [2.05, 4.69) is 25.7 Å². The Bertz CT molecular complexity index is 117. The number of unbranched alkanes of at least 4 members (excludes halogenated alkanes) is 6. The predicted molar refractivity (Wildman–Crippen MR) is 69.8 cm³/mol. The Kier molecular flexibility index (Phi) is 20.7. The maximum atomic E-state index is 3.94. The van der Waals surface area contributed by atoms with Crippen molar-refractivity contribution in [3.05, 3.63) is 13.8 Å². The van der Waals surface area contributed by atoms with E-state index in [1.54, 1.807) is 0 Å². The molecule has 0 aliphatic heterocycles. The molecule has 1 nitrogen and oxygen atoms in total. The predicted octanol–water partition coefficient (Wildman–Crippen LogP) is 1.10. The third-order valence-electron chi connectivity index (χ3n) is 2.87. The van der Waals surface area contributed by atoms with E-state index in [0.717, 1.165) is 19.5 Å². The van der Waals surface area contributed by atoms with E-state index in [1.807, 2.05) is 0 Å². The molecule has 0 radical (unpaired) electrons. The first-order valence-corrected chi connectivity index (χ1v) is 6.66. The second-order valence-electron chi connectivity index (χ2n) is 4.32. The molecule has 0 saturated heterocycles. The molecule has 92 valence electrons. The van der Waals surface area contributed by atoms with Crippen molar-refractivity contribution in [1.29, 1.82) is 0 Å². The number of nitrogens with zero attached hydrogens (tertiary/aromatic N) is 1. The summed E-state index contributed by atoms with van der Waals surface area (Å²) in [5.41, 5.74) is 0. The molecule has 0 aromatic carbocycles. The standard InChI is InChI=1S/C14H29N.K/c1-4-7-8-9-10-11-12-14-15(6-3)13-5-2;/h2-14H2,1H3;/q-2;+1. The van der Waals surface area contributed by atoms with Gasteiger partial charge >= 0.3 is 51.4 Å². The van der Waals surface area contributed by atoms with Gasteiger partial charge in [0.2, 0.25) is 0 Å². The van der Waals surface area contributed by atoms with Crippen molar-refractivity contribution >= 4 is 0 Å². The molecule has 2 heteroatoms. The van der Waals surface area contributed by atoms with Gasteiger partial charge in [0.25, 0.3) is 0 Å². The monoisotopic (exact) mass is 250 g/mol. The fourth-order valence-electron chi connectivity index (χ4n) is 1.85. The molecular weight excluding hydrogens is 221 g/mol. The van der Waals surface area contributed by atoms with Gasteiger partial charge in [0.1, 0.15) is 0 Å². The fourth-order valence-corrected chi connectivity index (χ4v) is 1.85. The van der Waals surface area contributed by atoms with Crippen LogP contribution in [0.15, 0.2) is 0 Å². The topological polar surface area (TPSA) is 3.24 Å². The van der Waals surface area contributed by atoms with E-state index < -0.39 is 0 Å². The van der Waals surface area contributed by atoms with Crippen molar-refractivity contribution in [2.75, 3.05) is 19.6 Å². The van der Waals surface area contributed by atoms with Crippen LogP contribution in [0.4, 0.5) is 0 Å². The normalized spacial score (nSPS) is 10.5. The Morgan fingerprint density at radius 3 is 1.88 bits per heavy atom. The third-order valence-corrected chi connectivity index (χ3v) is 2.87. The summed E-state index contributed by atoms with van der Waals surface area (Å²) in [6.45, 7) is 13.4. The summed E-state index contributed by atoms with van der Waals surface area (Å²) in [5, 5.41) is 0. The minimum atomic E-state index is 0. The van der Waals surface area contributed by atoms with Gasteiger partial charge in [0, 0.05) is 0 Å².